The van der Waals surface area contributed by atoms with E-state index < -0.39 is 0 Å². The molecule has 0 spiro atoms. The van der Waals surface area contributed by atoms with E-state index in [-0.39, 0.29) is 0 Å². The van der Waals surface area contributed by atoms with Gasteiger partial charge < -0.3 is 0 Å². The number of hydrogen-bond donors (Lipinski definition) is 0. The second kappa shape index (κ2) is 9.24. The van der Waals surface area contributed by atoms with Crippen molar-refractivity contribution in [2.24, 2.45) is 0 Å². The van der Waals surface area contributed by atoms with Gasteiger partial charge in [-0.25, -0.2) is 0 Å². The van der Waals surface area contributed by atoms with E-state index in [0.717, 1.165) is 0 Å². The lowest BCUT2D eigenvalue weighted by Gasteiger charge is -2.05. The van der Waals surface area contributed by atoms with Gasteiger partial charge in [-0.2, -0.15) is 0 Å². The van der Waals surface area contributed by atoms with E-state index in [2.05, 4.69) is 146 Å². The molecule has 2 aromatic heterocycles. The minimum absolute atomic E-state index is 1.27. The van der Waals surface area contributed by atoms with Crippen molar-refractivity contribution >= 4 is 95.3 Å². The molecule has 0 aliphatic carbocycles. The summed E-state index contributed by atoms with van der Waals surface area (Å²) in [5.41, 5.74) is 5.08. The number of benzene rings is 8. The maximum Gasteiger partial charge on any atom is 0.0361 e. The van der Waals surface area contributed by atoms with Gasteiger partial charge in [0.25, 0.3) is 0 Å². The van der Waals surface area contributed by atoms with E-state index in [1.165, 1.54) is 94.9 Å². The Morgan fingerprint density at radius 3 is 1.11 bits per heavy atom. The van der Waals surface area contributed by atoms with Gasteiger partial charge in [0.05, 0.1) is 0 Å². The fraction of sp³-hybridized carbons (Fsp3) is 0. The van der Waals surface area contributed by atoms with Gasteiger partial charge in [-0.05, 0) is 103 Å². The molecule has 10 rings (SSSR count). The Morgan fingerprint density at radius 2 is 0.636 bits per heavy atom. The van der Waals surface area contributed by atoms with Crippen LogP contribution in [-0.2, 0) is 0 Å². The molecule has 0 fully saturated rings. The third kappa shape index (κ3) is 3.75. The lowest BCUT2D eigenvalue weighted by Crippen LogP contribution is -1.79. The predicted molar refractivity (Wildman–Crippen MR) is 196 cm³/mol. The first-order valence-corrected chi connectivity index (χ1v) is 16.6. The molecule has 0 amide bonds. The molecule has 8 aromatic carbocycles. The Labute approximate surface area is 262 Å². The second-order valence-corrected chi connectivity index (χ2v) is 14.0. The Bertz CT molecular complexity index is 2580. The minimum Gasteiger partial charge on any atom is -0.135 e. The largest absolute Gasteiger partial charge is 0.135 e. The lowest BCUT2D eigenvalue weighted by atomic mass is 9.99. The fourth-order valence-corrected chi connectivity index (χ4v) is 9.24. The van der Waals surface area contributed by atoms with Crippen LogP contribution in [0.4, 0.5) is 0 Å². The highest BCUT2D eigenvalue weighted by molar-refractivity contribution is 7.26. The minimum atomic E-state index is 1.27. The van der Waals surface area contributed by atoms with Crippen molar-refractivity contribution in [1.29, 1.82) is 0 Å². The number of fused-ring (bicyclic) bond motifs is 9. The first-order valence-electron chi connectivity index (χ1n) is 15.0. The molecule has 204 valence electrons. The number of hydrogen-bond acceptors (Lipinski definition) is 2. The first-order chi connectivity index (χ1) is 21.7. The van der Waals surface area contributed by atoms with Crippen LogP contribution in [0, 0.1) is 0 Å². The summed E-state index contributed by atoms with van der Waals surface area (Å²) in [5, 5.41) is 13.1. The molecule has 10 aromatic rings. The summed E-state index contributed by atoms with van der Waals surface area (Å²) in [7, 11) is 0. The molecule has 0 N–H and O–H groups in total. The third-order valence-corrected chi connectivity index (χ3v) is 11.4. The van der Waals surface area contributed by atoms with Crippen LogP contribution in [-0.4, -0.2) is 0 Å². The van der Waals surface area contributed by atoms with Crippen LogP contribution in [0.2, 0.25) is 0 Å². The van der Waals surface area contributed by atoms with E-state index >= 15 is 0 Å². The normalized spacial score (nSPS) is 12.1. The quantitative estimate of drug-likeness (QED) is 0.187. The van der Waals surface area contributed by atoms with Crippen LogP contribution in [0.3, 0.4) is 0 Å². The fourth-order valence-electron chi connectivity index (χ4n) is 6.89. The highest BCUT2D eigenvalue weighted by atomic mass is 32.1. The molecule has 0 radical (unpaired) electrons. The molecule has 0 unspecified atom stereocenters. The van der Waals surface area contributed by atoms with Gasteiger partial charge >= 0.3 is 0 Å². The SMILES string of the molecule is c1ccc2cc(-c3ccc4c(c3)sc3cc5cc6c(cc5cc34)sc3cc(-c4ccc5ccccc5c4)ccc36)ccc2c1. The summed E-state index contributed by atoms with van der Waals surface area (Å²) < 4.78 is 5.38. The van der Waals surface area contributed by atoms with Crippen molar-refractivity contribution in [3.8, 4) is 22.3 Å². The van der Waals surface area contributed by atoms with Gasteiger partial charge in [0.15, 0.2) is 0 Å². The average molecular weight is 593 g/mol. The summed E-state index contributed by atoms with van der Waals surface area (Å²) in [6.07, 6.45) is 0. The maximum atomic E-state index is 2.41. The standard InChI is InChI=1S/C42H24S2/c1-3-7-27-17-29(11-9-25(27)5-1)31-13-15-35-37-19-33-24-42-38(20-34(33)23-41(37)43-39(35)21-31)36-16-14-32(22-40(36)44-42)30-12-10-26-6-2-4-8-28(26)18-30/h1-24H. The van der Waals surface area contributed by atoms with Crippen LogP contribution >= 0.6 is 22.7 Å². The lowest BCUT2D eigenvalue weighted by molar-refractivity contribution is 1.69. The molecule has 0 saturated heterocycles. The molecule has 0 atom stereocenters. The summed E-state index contributed by atoms with van der Waals surface area (Å²) in [6, 6.07) is 54.3. The summed E-state index contributed by atoms with van der Waals surface area (Å²) in [6.45, 7) is 0. The molecular formula is C42H24S2. The van der Waals surface area contributed by atoms with Crippen LogP contribution in [0.15, 0.2) is 146 Å². The van der Waals surface area contributed by atoms with Crippen molar-refractivity contribution in [3.05, 3.63) is 146 Å². The molecule has 0 aliphatic heterocycles. The first kappa shape index (κ1) is 24.4. The van der Waals surface area contributed by atoms with Gasteiger partial charge in [0.1, 0.15) is 0 Å². The smallest absolute Gasteiger partial charge is 0.0361 e. The summed E-state index contributed by atoms with van der Waals surface area (Å²) in [5.74, 6) is 0. The second-order valence-electron chi connectivity index (χ2n) is 11.8. The zero-order valence-corrected chi connectivity index (χ0v) is 25.3. The third-order valence-electron chi connectivity index (χ3n) is 9.19. The zero-order chi connectivity index (χ0) is 28.8. The van der Waals surface area contributed by atoms with E-state index in [9.17, 15) is 0 Å². The van der Waals surface area contributed by atoms with Gasteiger partial charge in [0, 0.05) is 40.3 Å². The molecule has 0 aliphatic rings. The number of thiophene rings is 2. The van der Waals surface area contributed by atoms with Crippen molar-refractivity contribution in [2.75, 3.05) is 0 Å². The van der Waals surface area contributed by atoms with Crippen LogP contribution in [0.1, 0.15) is 0 Å². The van der Waals surface area contributed by atoms with Crippen LogP contribution in [0.25, 0.3) is 94.9 Å². The average Bonchev–Trinajstić information content (AvgIpc) is 3.61. The van der Waals surface area contributed by atoms with Gasteiger partial charge in [-0.1, -0.05) is 97.1 Å². The van der Waals surface area contributed by atoms with Gasteiger partial charge in [0.2, 0.25) is 0 Å². The highest BCUT2D eigenvalue weighted by Gasteiger charge is 2.13. The van der Waals surface area contributed by atoms with Crippen molar-refractivity contribution < 1.29 is 0 Å². The van der Waals surface area contributed by atoms with E-state index in [4.69, 9.17) is 0 Å². The van der Waals surface area contributed by atoms with Crippen LogP contribution in [0.5, 0.6) is 0 Å². The Hall–Kier alpha value is -5.02. The van der Waals surface area contributed by atoms with E-state index in [1.807, 2.05) is 22.7 Å². The molecule has 0 bridgehead atoms. The molecule has 2 heteroatoms. The summed E-state index contributed by atoms with van der Waals surface area (Å²) in [4.78, 5) is 0. The molecule has 2 heterocycles. The Kier molecular flexibility index (Phi) is 5.13. The van der Waals surface area contributed by atoms with Gasteiger partial charge in [-0.15, -0.1) is 22.7 Å². The van der Waals surface area contributed by atoms with Crippen molar-refractivity contribution in [3.63, 3.8) is 0 Å². The number of rotatable bonds is 2. The molecular weight excluding hydrogens is 569 g/mol. The van der Waals surface area contributed by atoms with Crippen LogP contribution < -0.4 is 0 Å². The van der Waals surface area contributed by atoms with E-state index in [1.54, 1.807) is 0 Å². The Balaban J connectivity index is 1.08. The van der Waals surface area contributed by atoms with E-state index in [0.29, 0.717) is 0 Å². The topological polar surface area (TPSA) is 0 Å². The zero-order valence-electron chi connectivity index (χ0n) is 23.7. The van der Waals surface area contributed by atoms with Crippen molar-refractivity contribution in [1.82, 2.24) is 0 Å². The van der Waals surface area contributed by atoms with Crippen molar-refractivity contribution in [2.45, 2.75) is 0 Å². The maximum absolute atomic E-state index is 2.41. The molecule has 44 heavy (non-hydrogen) atoms. The Morgan fingerprint density at radius 1 is 0.250 bits per heavy atom. The summed E-state index contributed by atoms with van der Waals surface area (Å²) >= 11 is 3.81. The molecule has 0 nitrogen and oxygen atoms in total. The monoisotopic (exact) mass is 592 g/mol. The van der Waals surface area contributed by atoms with Gasteiger partial charge in [-0.3, -0.25) is 0 Å². The molecule has 0 saturated carbocycles. The predicted octanol–water partition coefficient (Wildman–Crippen LogP) is 13.2. The highest BCUT2D eigenvalue weighted by Crippen LogP contribution is 2.42.